The Morgan fingerprint density at radius 3 is 2.75 bits per heavy atom. The molecule has 1 aliphatic heterocycles. The van der Waals surface area contributed by atoms with Crippen LogP contribution < -0.4 is 11.1 Å². The van der Waals surface area contributed by atoms with Crippen LogP contribution in [-0.2, 0) is 0 Å². The maximum absolute atomic E-state index is 5.79. The van der Waals surface area contributed by atoms with Gasteiger partial charge in [-0.3, -0.25) is 4.99 Å². The summed E-state index contributed by atoms with van der Waals surface area (Å²) in [6.45, 7) is 8.35. The summed E-state index contributed by atoms with van der Waals surface area (Å²) in [7, 11) is 0. The van der Waals surface area contributed by atoms with Crippen LogP contribution in [0.15, 0.2) is 4.99 Å². The fourth-order valence-electron chi connectivity index (χ4n) is 1.58. The lowest BCUT2D eigenvalue weighted by Gasteiger charge is -2.20. The number of thioether (sulfide) groups is 1. The van der Waals surface area contributed by atoms with Crippen molar-refractivity contribution < 1.29 is 0 Å². The number of hydrogen-bond donors (Lipinski definition) is 2. The van der Waals surface area contributed by atoms with E-state index < -0.39 is 0 Å². The van der Waals surface area contributed by atoms with Crippen LogP contribution in [0.2, 0.25) is 0 Å². The highest BCUT2D eigenvalue weighted by Gasteiger charge is 2.28. The second-order valence-corrected chi connectivity index (χ2v) is 6.56. The lowest BCUT2D eigenvalue weighted by Crippen LogP contribution is -2.35. The third-order valence-electron chi connectivity index (χ3n) is 2.58. The molecule has 1 heterocycles. The Morgan fingerprint density at radius 2 is 2.25 bits per heavy atom. The first-order chi connectivity index (χ1) is 7.02. The Morgan fingerprint density at radius 1 is 1.56 bits per heavy atom. The SMILES string of the molecule is CC(C)CNC(N)=NCC1(C)CCCS1.I. The van der Waals surface area contributed by atoms with E-state index in [9.17, 15) is 0 Å². The van der Waals surface area contributed by atoms with Crippen molar-refractivity contribution in [2.75, 3.05) is 18.8 Å². The molecule has 0 radical (unpaired) electrons. The summed E-state index contributed by atoms with van der Waals surface area (Å²) in [5, 5.41) is 3.14. The maximum atomic E-state index is 5.79. The Bertz CT molecular complexity index is 225. The zero-order valence-electron chi connectivity index (χ0n) is 10.5. The van der Waals surface area contributed by atoms with Gasteiger partial charge in [0.2, 0.25) is 0 Å². The van der Waals surface area contributed by atoms with Crippen molar-refractivity contribution in [3.8, 4) is 0 Å². The van der Waals surface area contributed by atoms with Gasteiger partial charge in [-0.1, -0.05) is 13.8 Å². The minimum Gasteiger partial charge on any atom is -0.370 e. The topological polar surface area (TPSA) is 50.4 Å². The zero-order valence-corrected chi connectivity index (χ0v) is 13.6. The van der Waals surface area contributed by atoms with Crippen molar-refractivity contribution in [2.45, 2.75) is 38.4 Å². The normalized spacial score (nSPS) is 25.6. The van der Waals surface area contributed by atoms with E-state index in [1.807, 2.05) is 11.8 Å². The van der Waals surface area contributed by atoms with Crippen LogP contribution >= 0.6 is 35.7 Å². The molecular formula is C11H24IN3S. The summed E-state index contributed by atoms with van der Waals surface area (Å²) in [6.07, 6.45) is 2.58. The van der Waals surface area contributed by atoms with E-state index in [0.717, 1.165) is 13.1 Å². The van der Waals surface area contributed by atoms with Crippen molar-refractivity contribution >= 4 is 41.7 Å². The molecule has 0 bridgehead atoms. The lowest BCUT2D eigenvalue weighted by atomic mass is 10.1. The monoisotopic (exact) mass is 357 g/mol. The standard InChI is InChI=1S/C11H23N3S.HI/c1-9(2)7-13-10(12)14-8-11(3)5-4-6-15-11;/h9H,4-8H2,1-3H3,(H3,12,13,14);1H. The molecule has 16 heavy (non-hydrogen) atoms. The average Bonchev–Trinajstić information content (AvgIpc) is 2.60. The van der Waals surface area contributed by atoms with E-state index in [1.54, 1.807) is 0 Å². The summed E-state index contributed by atoms with van der Waals surface area (Å²) in [5.74, 6) is 2.47. The summed E-state index contributed by atoms with van der Waals surface area (Å²) in [6, 6.07) is 0. The highest BCUT2D eigenvalue weighted by molar-refractivity contribution is 14.0. The third kappa shape index (κ3) is 6.18. The number of nitrogens with zero attached hydrogens (tertiary/aromatic N) is 1. The fraction of sp³-hybridized carbons (Fsp3) is 0.909. The molecule has 3 N–H and O–H groups in total. The van der Waals surface area contributed by atoms with E-state index in [1.165, 1.54) is 18.6 Å². The largest absolute Gasteiger partial charge is 0.370 e. The molecule has 0 aromatic carbocycles. The molecule has 1 saturated heterocycles. The number of nitrogens with two attached hydrogens (primary N) is 1. The van der Waals surface area contributed by atoms with Gasteiger partial charge < -0.3 is 11.1 Å². The van der Waals surface area contributed by atoms with Crippen LogP contribution in [0.4, 0.5) is 0 Å². The molecule has 96 valence electrons. The molecule has 1 aliphatic rings. The van der Waals surface area contributed by atoms with Crippen LogP contribution in [0.1, 0.15) is 33.6 Å². The van der Waals surface area contributed by atoms with Crippen LogP contribution in [0, 0.1) is 5.92 Å². The zero-order chi connectivity index (χ0) is 11.3. The predicted molar refractivity (Wildman–Crippen MR) is 84.8 cm³/mol. The van der Waals surface area contributed by atoms with Gasteiger partial charge in [0, 0.05) is 11.3 Å². The Kier molecular flexibility index (Phi) is 7.80. The number of rotatable bonds is 4. The molecule has 1 fully saturated rings. The fourth-order valence-corrected chi connectivity index (χ4v) is 2.80. The molecule has 0 saturated carbocycles. The second-order valence-electron chi connectivity index (χ2n) is 4.88. The van der Waals surface area contributed by atoms with Crippen molar-refractivity contribution in [3.63, 3.8) is 0 Å². The van der Waals surface area contributed by atoms with Gasteiger partial charge in [0.05, 0.1) is 6.54 Å². The molecule has 1 atom stereocenters. The number of hydrogen-bond acceptors (Lipinski definition) is 2. The molecule has 0 spiro atoms. The number of aliphatic imine (C=N–C) groups is 1. The van der Waals surface area contributed by atoms with Crippen molar-refractivity contribution in [1.82, 2.24) is 5.32 Å². The summed E-state index contributed by atoms with van der Waals surface area (Å²) >= 11 is 2.02. The highest BCUT2D eigenvalue weighted by Crippen LogP contribution is 2.37. The van der Waals surface area contributed by atoms with Crippen molar-refractivity contribution in [2.24, 2.45) is 16.6 Å². The van der Waals surface area contributed by atoms with E-state index in [4.69, 9.17) is 5.73 Å². The van der Waals surface area contributed by atoms with Crippen LogP contribution in [-0.4, -0.2) is 29.5 Å². The molecule has 0 aromatic rings. The maximum Gasteiger partial charge on any atom is 0.188 e. The number of guanidine groups is 1. The minimum absolute atomic E-state index is 0. The van der Waals surface area contributed by atoms with E-state index >= 15 is 0 Å². The second kappa shape index (κ2) is 7.63. The first-order valence-electron chi connectivity index (χ1n) is 5.69. The van der Waals surface area contributed by atoms with Gasteiger partial charge in [0.15, 0.2) is 5.96 Å². The van der Waals surface area contributed by atoms with Gasteiger partial charge in [0.1, 0.15) is 0 Å². The van der Waals surface area contributed by atoms with Crippen molar-refractivity contribution in [1.29, 1.82) is 0 Å². The smallest absolute Gasteiger partial charge is 0.188 e. The van der Waals surface area contributed by atoms with E-state index in [-0.39, 0.29) is 24.0 Å². The minimum atomic E-state index is 0. The lowest BCUT2D eigenvalue weighted by molar-refractivity contribution is 0.605. The summed E-state index contributed by atoms with van der Waals surface area (Å²) in [5.41, 5.74) is 5.79. The molecule has 1 unspecified atom stereocenters. The van der Waals surface area contributed by atoms with Crippen LogP contribution in [0.5, 0.6) is 0 Å². The Labute approximate surface area is 120 Å². The Balaban J connectivity index is 0.00000225. The highest BCUT2D eigenvalue weighted by atomic mass is 127. The first kappa shape index (κ1) is 16.4. The van der Waals surface area contributed by atoms with Gasteiger partial charge in [-0.05, 0) is 31.4 Å². The molecule has 0 aromatic heterocycles. The van der Waals surface area contributed by atoms with Crippen molar-refractivity contribution in [3.05, 3.63) is 0 Å². The van der Waals surface area contributed by atoms with Gasteiger partial charge in [-0.25, -0.2) is 0 Å². The molecular weight excluding hydrogens is 333 g/mol. The predicted octanol–water partition coefficient (Wildman–Crippen LogP) is 2.45. The third-order valence-corrected chi connectivity index (χ3v) is 4.10. The van der Waals surface area contributed by atoms with Crippen LogP contribution in [0.3, 0.4) is 0 Å². The van der Waals surface area contributed by atoms with E-state index in [0.29, 0.717) is 16.6 Å². The quantitative estimate of drug-likeness (QED) is 0.462. The summed E-state index contributed by atoms with van der Waals surface area (Å²) in [4.78, 5) is 4.41. The molecule has 1 rings (SSSR count). The molecule has 0 aliphatic carbocycles. The van der Waals surface area contributed by atoms with Gasteiger partial charge in [0.25, 0.3) is 0 Å². The number of nitrogens with one attached hydrogen (secondary N) is 1. The van der Waals surface area contributed by atoms with E-state index in [2.05, 4.69) is 31.1 Å². The Hall–Kier alpha value is 0.350. The molecule has 0 amide bonds. The first-order valence-corrected chi connectivity index (χ1v) is 6.68. The van der Waals surface area contributed by atoms with Gasteiger partial charge in [-0.15, -0.1) is 24.0 Å². The average molecular weight is 357 g/mol. The molecule has 3 nitrogen and oxygen atoms in total. The molecule has 5 heteroatoms. The number of halogens is 1. The van der Waals surface area contributed by atoms with Crippen LogP contribution in [0.25, 0.3) is 0 Å². The summed E-state index contributed by atoms with van der Waals surface area (Å²) < 4.78 is 0.324. The van der Waals surface area contributed by atoms with Gasteiger partial charge in [-0.2, -0.15) is 11.8 Å². The van der Waals surface area contributed by atoms with Gasteiger partial charge >= 0.3 is 0 Å².